The second-order valence-corrected chi connectivity index (χ2v) is 10.9. The average molecular weight is 523 g/mol. The smallest absolute Gasteiger partial charge is 0.137 e. The maximum atomic E-state index is 6.65. The van der Waals surface area contributed by atoms with Crippen molar-refractivity contribution in [1.82, 2.24) is 0 Å². The van der Waals surface area contributed by atoms with Gasteiger partial charge in [-0.2, -0.15) is 0 Å². The van der Waals surface area contributed by atoms with Crippen LogP contribution in [0.15, 0.2) is 100 Å². The van der Waals surface area contributed by atoms with Crippen molar-refractivity contribution in [2.45, 2.75) is 41.5 Å². The van der Waals surface area contributed by atoms with Gasteiger partial charge >= 0.3 is 0 Å². The van der Waals surface area contributed by atoms with Gasteiger partial charge in [0.1, 0.15) is 11.3 Å². The maximum absolute atomic E-state index is 6.65. The van der Waals surface area contributed by atoms with Crippen LogP contribution < -0.4 is 10.7 Å². The van der Waals surface area contributed by atoms with E-state index < -0.39 is 0 Å². The normalized spacial score (nSPS) is 11.9. The van der Waals surface area contributed by atoms with Crippen molar-refractivity contribution in [3.8, 4) is 22.5 Å². The van der Waals surface area contributed by atoms with Crippen molar-refractivity contribution in [2.75, 3.05) is 5.32 Å². The van der Waals surface area contributed by atoms with Crippen LogP contribution >= 0.6 is 0 Å². The lowest BCUT2D eigenvalue weighted by atomic mass is 9.91. The molecule has 0 saturated heterocycles. The lowest BCUT2D eigenvalue weighted by Gasteiger charge is -2.18. The van der Waals surface area contributed by atoms with E-state index in [1.54, 1.807) is 0 Å². The Balaban J connectivity index is 1.59. The zero-order valence-electron chi connectivity index (χ0n) is 24.0. The molecule has 4 aromatic rings. The van der Waals surface area contributed by atoms with Gasteiger partial charge in [-0.1, -0.05) is 60.2 Å². The van der Waals surface area contributed by atoms with Gasteiger partial charge in [0.25, 0.3) is 0 Å². The SMILES string of the molecule is Cc1cc(C)c(/N=c2\ccc3c(-c4ccccc4C)c4ccc(Nc5c(C)cccc5C)cc4oc-3c2)c(C)c1. The number of hydrogen-bond acceptors (Lipinski definition) is 3. The number of para-hydroxylation sites is 1. The molecule has 6 rings (SSSR count). The highest BCUT2D eigenvalue weighted by Crippen LogP contribution is 2.42. The van der Waals surface area contributed by atoms with Crippen LogP contribution in [0.1, 0.15) is 33.4 Å². The van der Waals surface area contributed by atoms with Crippen LogP contribution in [0, 0.1) is 41.5 Å². The molecular formula is C37H34N2O. The minimum absolute atomic E-state index is 0.818. The first-order valence-corrected chi connectivity index (χ1v) is 13.8. The monoisotopic (exact) mass is 522 g/mol. The first-order valence-electron chi connectivity index (χ1n) is 13.8. The highest BCUT2D eigenvalue weighted by molar-refractivity contribution is 6.03. The Morgan fingerprint density at radius 2 is 1.30 bits per heavy atom. The maximum Gasteiger partial charge on any atom is 0.137 e. The number of benzene rings is 5. The molecule has 1 aliphatic carbocycles. The molecule has 4 aromatic carbocycles. The molecule has 0 fully saturated rings. The fourth-order valence-corrected chi connectivity index (χ4v) is 5.80. The molecule has 0 bridgehead atoms. The molecule has 0 atom stereocenters. The average Bonchev–Trinajstić information content (AvgIpc) is 2.92. The van der Waals surface area contributed by atoms with E-state index in [0.717, 1.165) is 44.7 Å². The molecule has 0 saturated carbocycles. The van der Waals surface area contributed by atoms with E-state index >= 15 is 0 Å². The first kappa shape index (κ1) is 25.6. The van der Waals surface area contributed by atoms with Gasteiger partial charge in [0.05, 0.1) is 11.0 Å². The van der Waals surface area contributed by atoms with Crippen LogP contribution in [0.3, 0.4) is 0 Å². The van der Waals surface area contributed by atoms with E-state index in [4.69, 9.17) is 9.41 Å². The predicted molar refractivity (Wildman–Crippen MR) is 168 cm³/mol. The van der Waals surface area contributed by atoms with Crippen molar-refractivity contribution >= 4 is 28.0 Å². The Hall–Kier alpha value is -4.63. The summed E-state index contributed by atoms with van der Waals surface area (Å²) in [6.07, 6.45) is 0. The molecular weight excluding hydrogens is 488 g/mol. The van der Waals surface area contributed by atoms with Crippen LogP contribution in [0.4, 0.5) is 17.1 Å². The fourth-order valence-electron chi connectivity index (χ4n) is 5.80. The number of anilines is 2. The van der Waals surface area contributed by atoms with Crippen LogP contribution in [-0.4, -0.2) is 0 Å². The largest absolute Gasteiger partial charge is 0.456 e. The van der Waals surface area contributed by atoms with Gasteiger partial charge in [-0.15, -0.1) is 0 Å². The number of rotatable bonds is 4. The molecule has 1 N–H and O–H groups in total. The summed E-state index contributed by atoms with van der Waals surface area (Å²) in [5.74, 6) is 0.818. The molecule has 0 unspecified atom stereocenters. The highest BCUT2D eigenvalue weighted by Gasteiger charge is 2.19. The second kappa shape index (κ2) is 10.2. The van der Waals surface area contributed by atoms with Crippen LogP contribution in [0.2, 0.25) is 0 Å². The van der Waals surface area contributed by atoms with E-state index in [-0.39, 0.29) is 0 Å². The standard InChI is InChI=1S/C37H34N2O/c1-22-18-26(5)37(27(6)19-22)39-29-15-17-32-34(21-29)40-33-20-28(38-36-24(3)11-9-12-25(36)4)14-16-31(33)35(32)30-13-8-7-10-23(30)2/h7-21,38H,1-6H3/b39-29+. The summed E-state index contributed by atoms with van der Waals surface area (Å²) in [5.41, 5.74) is 14.7. The van der Waals surface area contributed by atoms with Crippen molar-refractivity contribution in [3.63, 3.8) is 0 Å². The molecule has 0 radical (unpaired) electrons. The van der Waals surface area contributed by atoms with Crippen LogP contribution in [0.25, 0.3) is 33.4 Å². The molecule has 2 aliphatic rings. The number of hydrogen-bond donors (Lipinski definition) is 1. The number of nitrogens with zero attached hydrogens (tertiary/aromatic N) is 1. The minimum Gasteiger partial charge on any atom is -0.456 e. The molecule has 40 heavy (non-hydrogen) atoms. The molecule has 1 aliphatic heterocycles. The third kappa shape index (κ3) is 4.69. The van der Waals surface area contributed by atoms with Gasteiger partial charge in [-0.3, -0.25) is 0 Å². The van der Waals surface area contributed by atoms with Gasteiger partial charge in [0.2, 0.25) is 0 Å². The van der Waals surface area contributed by atoms with Crippen LogP contribution in [-0.2, 0) is 0 Å². The molecule has 1 heterocycles. The summed E-state index contributed by atoms with van der Waals surface area (Å²) in [6, 6.07) is 32.0. The zero-order valence-corrected chi connectivity index (χ0v) is 24.0. The Kier molecular flexibility index (Phi) is 6.51. The van der Waals surface area contributed by atoms with E-state index in [2.05, 4.69) is 138 Å². The lowest BCUT2D eigenvalue weighted by molar-refractivity contribution is 0.619. The Morgan fingerprint density at radius 1 is 0.600 bits per heavy atom. The first-order chi connectivity index (χ1) is 19.3. The van der Waals surface area contributed by atoms with E-state index in [9.17, 15) is 0 Å². The summed E-state index contributed by atoms with van der Waals surface area (Å²) < 4.78 is 6.65. The van der Waals surface area contributed by atoms with Gasteiger partial charge in [0.15, 0.2) is 0 Å². The van der Waals surface area contributed by atoms with Crippen LogP contribution in [0.5, 0.6) is 0 Å². The van der Waals surface area contributed by atoms with Crippen molar-refractivity contribution in [1.29, 1.82) is 0 Å². The van der Waals surface area contributed by atoms with Crippen molar-refractivity contribution in [2.24, 2.45) is 4.99 Å². The summed E-state index contributed by atoms with van der Waals surface area (Å²) in [6.45, 7) is 12.8. The molecule has 0 amide bonds. The van der Waals surface area contributed by atoms with Crippen molar-refractivity contribution < 1.29 is 4.42 Å². The topological polar surface area (TPSA) is 37.5 Å². The third-order valence-electron chi connectivity index (χ3n) is 7.75. The molecule has 198 valence electrons. The van der Waals surface area contributed by atoms with E-state index in [1.165, 1.54) is 44.5 Å². The summed E-state index contributed by atoms with van der Waals surface area (Å²) in [5, 5.41) is 5.60. The fraction of sp³-hybridized carbons (Fsp3) is 0.162. The second-order valence-electron chi connectivity index (χ2n) is 10.9. The zero-order chi connectivity index (χ0) is 28.0. The highest BCUT2D eigenvalue weighted by atomic mass is 16.3. The quantitative estimate of drug-likeness (QED) is 0.234. The summed E-state index contributed by atoms with van der Waals surface area (Å²) in [7, 11) is 0. The number of nitrogens with one attached hydrogen (secondary N) is 1. The number of aryl methyl sites for hydroxylation is 6. The van der Waals surface area contributed by atoms with Gasteiger partial charge in [-0.25, -0.2) is 4.99 Å². The lowest BCUT2D eigenvalue weighted by Crippen LogP contribution is -2.03. The van der Waals surface area contributed by atoms with E-state index in [1.807, 2.05) is 0 Å². The van der Waals surface area contributed by atoms with Gasteiger partial charge < -0.3 is 9.73 Å². The molecule has 0 spiro atoms. The third-order valence-corrected chi connectivity index (χ3v) is 7.75. The molecule has 3 heteroatoms. The van der Waals surface area contributed by atoms with Gasteiger partial charge in [-0.05, 0) is 99.2 Å². The number of fused-ring (bicyclic) bond motifs is 2. The Morgan fingerprint density at radius 3 is 2.02 bits per heavy atom. The Bertz CT molecular complexity index is 1900. The molecule has 3 nitrogen and oxygen atoms in total. The summed E-state index contributed by atoms with van der Waals surface area (Å²) in [4.78, 5) is 5.05. The van der Waals surface area contributed by atoms with Crippen molar-refractivity contribution in [3.05, 3.63) is 130 Å². The summed E-state index contributed by atoms with van der Waals surface area (Å²) >= 11 is 0. The predicted octanol–water partition coefficient (Wildman–Crippen LogP) is 10.0. The minimum atomic E-state index is 0.818. The van der Waals surface area contributed by atoms with E-state index in [0.29, 0.717) is 0 Å². The van der Waals surface area contributed by atoms with Gasteiger partial charge in [0, 0.05) is 40.0 Å². The Labute approximate surface area is 236 Å². The molecule has 0 aromatic heterocycles.